The van der Waals surface area contributed by atoms with Gasteiger partial charge in [0.1, 0.15) is 0 Å². The molecule has 0 amide bonds. The van der Waals surface area contributed by atoms with Gasteiger partial charge in [-0.05, 0) is 0 Å². The van der Waals surface area contributed by atoms with Crippen molar-refractivity contribution in [2.24, 2.45) is 0 Å². The number of nitrogen functional groups attached to an aromatic ring is 2. The van der Waals surface area contributed by atoms with Crippen LogP contribution in [0.5, 0.6) is 0 Å². The van der Waals surface area contributed by atoms with E-state index in [0.29, 0.717) is 17.2 Å². The predicted octanol–water partition coefficient (Wildman–Crippen LogP) is -0.515. The summed E-state index contributed by atoms with van der Waals surface area (Å²) >= 11 is 1.44. The summed E-state index contributed by atoms with van der Waals surface area (Å²) in [4.78, 5) is 21.3. The molecule has 3 aliphatic rings. The summed E-state index contributed by atoms with van der Waals surface area (Å²) in [5.41, 5.74) is 12.9. The summed E-state index contributed by atoms with van der Waals surface area (Å²) in [5.74, 6) is 0.788. The van der Waals surface area contributed by atoms with Crippen molar-refractivity contribution in [3.8, 4) is 0 Å². The van der Waals surface area contributed by atoms with Crippen molar-refractivity contribution in [2.45, 2.75) is 34.9 Å². The van der Waals surface area contributed by atoms with E-state index in [-0.39, 0.29) is 12.4 Å². The molecule has 5 rings (SSSR count). The van der Waals surface area contributed by atoms with Gasteiger partial charge < -0.3 is 0 Å². The Bertz CT molecular complexity index is 975. The summed E-state index contributed by atoms with van der Waals surface area (Å²) in [7, 11) is -1.78. The molecule has 7 N–H and O–H groups in total. The van der Waals surface area contributed by atoms with Crippen LogP contribution in [-0.2, 0) is 13.8 Å². The SMILES string of the molecule is B[PH]1(O)OCC2OC(N3c4ncnc(N)c4NC3Sc3ccccc3N)C(O)[C@@H]2O1. The summed E-state index contributed by atoms with van der Waals surface area (Å²) in [5, 5.41) is 14.3. The number of nitrogens with one attached hydrogen (secondary N) is 1. The molecule has 1 aromatic heterocycles. The summed E-state index contributed by atoms with van der Waals surface area (Å²) in [6.45, 7) is 0.140. The molecule has 0 bridgehead atoms. The van der Waals surface area contributed by atoms with E-state index in [1.807, 2.05) is 24.3 Å². The van der Waals surface area contributed by atoms with Gasteiger partial charge in [0.2, 0.25) is 0 Å². The van der Waals surface area contributed by atoms with Crippen molar-refractivity contribution in [2.75, 3.05) is 28.3 Å². The van der Waals surface area contributed by atoms with Crippen molar-refractivity contribution in [1.29, 1.82) is 0 Å². The molecule has 4 heterocycles. The maximum absolute atomic E-state index is 11.0. The molecule has 2 aromatic rings. The molecule has 5 atom stereocenters. The predicted molar refractivity (Wildman–Crippen MR) is 118 cm³/mol. The number of benzene rings is 1. The second-order valence-corrected chi connectivity index (χ2v) is 10.8. The summed E-state index contributed by atoms with van der Waals surface area (Å²) < 4.78 is 17.2. The number of aliphatic hydroxyl groups is 1. The maximum atomic E-state index is 11.0. The third-order valence-electron chi connectivity index (χ3n) is 5.23. The van der Waals surface area contributed by atoms with Gasteiger partial charge in [-0.3, -0.25) is 0 Å². The first-order valence-corrected chi connectivity index (χ1v) is 12.5. The van der Waals surface area contributed by atoms with Gasteiger partial charge >= 0.3 is 178 Å². The van der Waals surface area contributed by atoms with E-state index in [1.54, 1.807) is 4.90 Å². The number of thioether (sulfide) groups is 1. The van der Waals surface area contributed by atoms with Gasteiger partial charge in [0, 0.05) is 0 Å². The van der Waals surface area contributed by atoms with Crippen LogP contribution in [0.1, 0.15) is 0 Å². The van der Waals surface area contributed by atoms with Gasteiger partial charge in [0.25, 0.3) is 0 Å². The van der Waals surface area contributed by atoms with E-state index in [1.165, 1.54) is 25.7 Å². The molecule has 0 aliphatic carbocycles. The number of aromatic nitrogens is 2. The van der Waals surface area contributed by atoms with Crippen molar-refractivity contribution >= 4 is 50.2 Å². The number of rotatable bonds is 3. The Morgan fingerprint density at radius 2 is 2.10 bits per heavy atom. The number of ether oxygens (including phenoxy) is 1. The molecule has 0 saturated carbocycles. The minimum atomic E-state index is -3.29. The first-order valence-electron chi connectivity index (χ1n) is 9.38. The zero-order chi connectivity index (χ0) is 21.0. The Labute approximate surface area is 178 Å². The molecule has 30 heavy (non-hydrogen) atoms. The molecule has 2 fully saturated rings. The van der Waals surface area contributed by atoms with Crippen molar-refractivity contribution in [3.63, 3.8) is 0 Å². The van der Waals surface area contributed by atoms with E-state index < -0.39 is 37.9 Å². The second-order valence-electron chi connectivity index (χ2n) is 7.36. The van der Waals surface area contributed by atoms with Crippen molar-refractivity contribution in [3.05, 3.63) is 30.6 Å². The zero-order valence-electron chi connectivity index (χ0n) is 16.0. The molecule has 0 radical (unpaired) electrons. The quantitative estimate of drug-likeness (QED) is 0.231. The van der Waals surface area contributed by atoms with Gasteiger partial charge in [-0.2, -0.15) is 0 Å². The number of fused-ring (bicyclic) bond motifs is 2. The van der Waals surface area contributed by atoms with Gasteiger partial charge in [-0.1, -0.05) is 0 Å². The first kappa shape index (κ1) is 20.1. The Morgan fingerprint density at radius 3 is 2.90 bits per heavy atom. The van der Waals surface area contributed by atoms with Crippen LogP contribution in [0, 0.1) is 0 Å². The van der Waals surface area contributed by atoms with Crippen LogP contribution in [0.15, 0.2) is 35.5 Å². The molecule has 4 unspecified atom stereocenters. The number of nitrogens with zero attached hydrogens (tertiary/aromatic N) is 3. The molecule has 11 nitrogen and oxygen atoms in total. The Balaban J connectivity index is 1.49. The Morgan fingerprint density at radius 1 is 1.30 bits per heavy atom. The first-order chi connectivity index (χ1) is 14.3. The third-order valence-corrected chi connectivity index (χ3v) is 7.84. The third kappa shape index (κ3) is 3.36. The van der Waals surface area contributed by atoms with Gasteiger partial charge in [0.05, 0.1) is 0 Å². The standard InChI is InChI=1S/C16H22BN6O5PS/c17-29(25)26-5-8-12(28-29)11(24)15(27-8)23-14-10(13(19)20-6-21-14)22-16(23)30-9-4-2-1-3-7(9)18/h1-4,6,8,11-12,15-16,22,24-25,29H,5,17-18H2,(H2,19,20,21)/t8?,11?,12-,15?,16?/m1/s1. The molecule has 0 spiro atoms. The van der Waals surface area contributed by atoms with Crippen LogP contribution >= 0.6 is 19.6 Å². The molecular formula is C16H22BN6O5PS. The van der Waals surface area contributed by atoms with E-state index in [0.717, 1.165) is 4.90 Å². The Hall–Kier alpha value is -1.86. The number of anilines is 4. The second kappa shape index (κ2) is 7.38. The molecule has 160 valence electrons. The molecule has 2 saturated heterocycles. The van der Waals surface area contributed by atoms with Gasteiger partial charge in [-0.25, -0.2) is 0 Å². The fourth-order valence-electron chi connectivity index (χ4n) is 3.83. The molecular weight excluding hydrogens is 430 g/mol. The fourth-order valence-corrected chi connectivity index (χ4v) is 6.28. The fraction of sp³-hybridized carbons (Fsp3) is 0.375. The normalized spacial score (nSPS) is 32.9. The van der Waals surface area contributed by atoms with E-state index in [9.17, 15) is 10.00 Å². The number of nitrogens with two attached hydrogens (primary N) is 2. The van der Waals surface area contributed by atoms with Gasteiger partial charge in [0.15, 0.2) is 0 Å². The van der Waals surface area contributed by atoms with E-state index in [4.69, 9.17) is 25.3 Å². The molecule has 14 heteroatoms. The summed E-state index contributed by atoms with van der Waals surface area (Å²) in [6, 6.07) is 7.48. The van der Waals surface area contributed by atoms with Crippen LogP contribution in [0.25, 0.3) is 0 Å². The van der Waals surface area contributed by atoms with Crippen molar-refractivity contribution in [1.82, 2.24) is 9.97 Å². The number of aliphatic hydroxyl groups excluding tert-OH is 1. The minimum absolute atomic E-state index is 0.140. The summed E-state index contributed by atoms with van der Waals surface area (Å²) in [6.07, 6.45) is -1.72. The monoisotopic (exact) mass is 452 g/mol. The van der Waals surface area contributed by atoms with Crippen LogP contribution in [0.2, 0.25) is 0 Å². The topological polar surface area (TPSA) is 161 Å². The Kier molecular flexibility index (Phi) is 4.94. The number of hydrogen-bond acceptors (Lipinski definition) is 12. The molecule has 1 aromatic carbocycles. The average Bonchev–Trinajstić information content (AvgIpc) is 3.21. The van der Waals surface area contributed by atoms with Crippen LogP contribution in [0.3, 0.4) is 0 Å². The number of para-hydroxylation sites is 1. The van der Waals surface area contributed by atoms with Crippen LogP contribution in [0.4, 0.5) is 23.0 Å². The van der Waals surface area contributed by atoms with Crippen LogP contribution < -0.4 is 21.7 Å². The van der Waals surface area contributed by atoms with E-state index in [2.05, 4.69) is 15.3 Å². The molecule has 3 aliphatic heterocycles. The van der Waals surface area contributed by atoms with Crippen molar-refractivity contribution < 1.29 is 23.8 Å². The van der Waals surface area contributed by atoms with Crippen LogP contribution in [-0.4, -0.2) is 64.2 Å². The van der Waals surface area contributed by atoms with Gasteiger partial charge in [-0.15, -0.1) is 0 Å². The number of hydrogen-bond donors (Lipinski definition) is 5. The zero-order valence-corrected chi connectivity index (χ0v) is 17.8. The van der Waals surface area contributed by atoms with E-state index >= 15 is 0 Å². The average molecular weight is 452 g/mol.